The van der Waals surface area contributed by atoms with E-state index in [1.807, 2.05) is 32.9 Å². The number of hydrogen-bond acceptors (Lipinski definition) is 2. The molecule has 4 heteroatoms. The van der Waals surface area contributed by atoms with Crippen LogP contribution < -0.4 is 0 Å². The third kappa shape index (κ3) is 1.66. The van der Waals surface area contributed by atoms with E-state index in [9.17, 15) is 10.1 Å². The summed E-state index contributed by atoms with van der Waals surface area (Å²) >= 11 is 0. The number of benzene rings is 1. The van der Waals surface area contributed by atoms with Crippen molar-refractivity contribution >= 4 is 16.6 Å². The number of nitrogens with one attached hydrogen (secondary N) is 1. The SMILES string of the molecule is CC(C)(C)c1cc2cc[nH]c2cc1[N+](=O)[O-]. The minimum atomic E-state index is -0.319. The van der Waals surface area contributed by atoms with Gasteiger partial charge in [-0.2, -0.15) is 0 Å². The van der Waals surface area contributed by atoms with E-state index in [1.165, 1.54) is 0 Å². The van der Waals surface area contributed by atoms with Gasteiger partial charge < -0.3 is 4.98 Å². The first-order chi connectivity index (χ1) is 7.39. The molecule has 0 bridgehead atoms. The molecule has 0 radical (unpaired) electrons. The van der Waals surface area contributed by atoms with Crippen molar-refractivity contribution in [2.45, 2.75) is 26.2 Å². The first kappa shape index (κ1) is 10.7. The molecule has 84 valence electrons. The minimum absolute atomic E-state index is 0.183. The molecule has 0 fully saturated rings. The van der Waals surface area contributed by atoms with Crippen LogP contribution in [0.2, 0.25) is 0 Å². The second-order valence-corrected chi connectivity index (χ2v) is 4.94. The fourth-order valence-corrected chi connectivity index (χ4v) is 1.84. The summed E-state index contributed by atoms with van der Waals surface area (Å²) in [6.07, 6.45) is 1.79. The third-order valence-electron chi connectivity index (χ3n) is 2.67. The number of hydrogen-bond donors (Lipinski definition) is 1. The van der Waals surface area contributed by atoms with Gasteiger partial charge in [-0.15, -0.1) is 0 Å². The van der Waals surface area contributed by atoms with Gasteiger partial charge in [0.2, 0.25) is 0 Å². The van der Waals surface area contributed by atoms with Crippen LogP contribution in [0.25, 0.3) is 10.9 Å². The molecule has 2 aromatic rings. The monoisotopic (exact) mass is 218 g/mol. The van der Waals surface area contributed by atoms with Gasteiger partial charge >= 0.3 is 0 Å². The molecular formula is C12H14N2O2. The lowest BCUT2D eigenvalue weighted by Crippen LogP contribution is -2.13. The Hall–Kier alpha value is -1.84. The molecule has 0 atom stereocenters. The van der Waals surface area contributed by atoms with Crippen molar-refractivity contribution < 1.29 is 4.92 Å². The molecule has 2 rings (SSSR count). The molecule has 1 aromatic heterocycles. The van der Waals surface area contributed by atoms with Crippen molar-refractivity contribution in [1.82, 2.24) is 4.98 Å². The fourth-order valence-electron chi connectivity index (χ4n) is 1.84. The van der Waals surface area contributed by atoms with Crippen LogP contribution in [0.15, 0.2) is 24.4 Å². The maximum Gasteiger partial charge on any atom is 0.275 e. The van der Waals surface area contributed by atoms with Crippen molar-refractivity contribution in [1.29, 1.82) is 0 Å². The summed E-state index contributed by atoms with van der Waals surface area (Å²) in [6, 6.07) is 5.42. The largest absolute Gasteiger partial charge is 0.361 e. The number of rotatable bonds is 1. The predicted molar refractivity (Wildman–Crippen MR) is 63.7 cm³/mol. The van der Waals surface area contributed by atoms with Crippen LogP contribution in [0.1, 0.15) is 26.3 Å². The summed E-state index contributed by atoms with van der Waals surface area (Å²) in [5, 5.41) is 12.0. The number of fused-ring (bicyclic) bond motifs is 1. The zero-order valence-corrected chi connectivity index (χ0v) is 9.57. The number of H-pyrrole nitrogens is 1. The zero-order valence-electron chi connectivity index (χ0n) is 9.57. The molecule has 0 aliphatic rings. The predicted octanol–water partition coefficient (Wildman–Crippen LogP) is 3.37. The Morgan fingerprint density at radius 1 is 1.31 bits per heavy atom. The van der Waals surface area contributed by atoms with Gasteiger partial charge in [-0.05, 0) is 17.5 Å². The average Bonchev–Trinajstić information content (AvgIpc) is 2.60. The molecule has 0 spiro atoms. The van der Waals surface area contributed by atoms with E-state index in [0.717, 1.165) is 16.5 Å². The van der Waals surface area contributed by atoms with E-state index in [4.69, 9.17) is 0 Å². The summed E-state index contributed by atoms with van der Waals surface area (Å²) in [7, 11) is 0. The molecule has 16 heavy (non-hydrogen) atoms. The maximum absolute atomic E-state index is 11.0. The number of aromatic amines is 1. The Morgan fingerprint density at radius 3 is 2.56 bits per heavy atom. The van der Waals surface area contributed by atoms with Gasteiger partial charge in [0.1, 0.15) is 0 Å². The number of nitro groups is 1. The number of aromatic nitrogens is 1. The third-order valence-corrected chi connectivity index (χ3v) is 2.67. The summed E-state index contributed by atoms with van der Waals surface area (Å²) < 4.78 is 0. The summed E-state index contributed by atoms with van der Waals surface area (Å²) in [5.41, 5.74) is 1.53. The highest BCUT2D eigenvalue weighted by molar-refractivity contribution is 5.83. The van der Waals surface area contributed by atoms with Crippen LogP contribution in [0.5, 0.6) is 0 Å². The van der Waals surface area contributed by atoms with Gasteiger partial charge in [0.15, 0.2) is 0 Å². The molecule has 0 saturated carbocycles. The quantitative estimate of drug-likeness (QED) is 0.589. The van der Waals surface area contributed by atoms with E-state index in [-0.39, 0.29) is 16.0 Å². The second-order valence-electron chi connectivity index (χ2n) is 4.94. The molecule has 0 unspecified atom stereocenters. The normalized spacial score (nSPS) is 11.9. The summed E-state index contributed by atoms with van der Waals surface area (Å²) in [4.78, 5) is 13.7. The van der Waals surface area contributed by atoms with Crippen molar-refractivity contribution in [2.75, 3.05) is 0 Å². The van der Waals surface area contributed by atoms with Gasteiger partial charge in [-0.25, -0.2) is 0 Å². The standard InChI is InChI=1S/C12H14N2O2/c1-12(2,3)9-6-8-4-5-13-10(8)7-11(9)14(15)16/h4-7,13H,1-3H3. The summed E-state index contributed by atoms with van der Waals surface area (Å²) in [5.74, 6) is 0. The molecule has 4 nitrogen and oxygen atoms in total. The topological polar surface area (TPSA) is 58.9 Å². The van der Waals surface area contributed by atoms with E-state index in [0.29, 0.717) is 0 Å². The minimum Gasteiger partial charge on any atom is -0.361 e. The van der Waals surface area contributed by atoms with Crippen molar-refractivity contribution in [2.24, 2.45) is 0 Å². The smallest absolute Gasteiger partial charge is 0.275 e. The highest BCUT2D eigenvalue weighted by Crippen LogP contribution is 2.34. The van der Waals surface area contributed by atoms with E-state index in [2.05, 4.69) is 4.98 Å². The van der Waals surface area contributed by atoms with Crippen molar-refractivity contribution in [3.63, 3.8) is 0 Å². The van der Waals surface area contributed by atoms with E-state index >= 15 is 0 Å². The molecule has 0 amide bonds. The van der Waals surface area contributed by atoms with E-state index in [1.54, 1.807) is 12.3 Å². The van der Waals surface area contributed by atoms with Crippen LogP contribution in [-0.2, 0) is 5.41 Å². The second kappa shape index (κ2) is 3.33. The molecular weight excluding hydrogens is 204 g/mol. The van der Waals surface area contributed by atoms with Crippen LogP contribution >= 0.6 is 0 Å². The van der Waals surface area contributed by atoms with Gasteiger partial charge in [0, 0.05) is 23.2 Å². The van der Waals surface area contributed by atoms with Gasteiger partial charge in [-0.3, -0.25) is 10.1 Å². The van der Waals surface area contributed by atoms with Gasteiger partial charge in [0.05, 0.1) is 10.4 Å². The Labute approximate surface area is 93.4 Å². The van der Waals surface area contributed by atoms with Gasteiger partial charge in [-0.1, -0.05) is 20.8 Å². The molecule has 1 N–H and O–H groups in total. The Balaban J connectivity index is 2.77. The lowest BCUT2D eigenvalue weighted by atomic mass is 9.85. The van der Waals surface area contributed by atoms with Gasteiger partial charge in [0.25, 0.3) is 5.69 Å². The van der Waals surface area contributed by atoms with Crippen LogP contribution in [0.3, 0.4) is 0 Å². The number of nitrogens with zero attached hydrogens (tertiary/aromatic N) is 1. The molecule has 1 aromatic carbocycles. The Kier molecular flexibility index (Phi) is 2.22. The average molecular weight is 218 g/mol. The molecule has 1 heterocycles. The lowest BCUT2D eigenvalue weighted by Gasteiger charge is -2.18. The van der Waals surface area contributed by atoms with Crippen LogP contribution in [0, 0.1) is 10.1 Å². The zero-order chi connectivity index (χ0) is 11.9. The van der Waals surface area contributed by atoms with Crippen LogP contribution in [-0.4, -0.2) is 9.91 Å². The first-order valence-electron chi connectivity index (χ1n) is 5.15. The highest BCUT2D eigenvalue weighted by atomic mass is 16.6. The Bertz CT molecular complexity index is 550. The summed E-state index contributed by atoms with van der Waals surface area (Å²) in [6.45, 7) is 5.94. The lowest BCUT2D eigenvalue weighted by molar-refractivity contribution is -0.385. The number of nitro benzene ring substituents is 1. The molecule has 0 saturated heterocycles. The van der Waals surface area contributed by atoms with Crippen LogP contribution in [0.4, 0.5) is 5.69 Å². The maximum atomic E-state index is 11.0. The molecule has 0 aliphatic heterocycles. The van der Waals surface area contributed by atoms with Crippen molar-refractivity contribution in [3.05, 3.63) is 40.1 Å². The molecule has 0 aliphatic carbocycles. The highest BCUT2D eigenvalue weighted by Gasteiger charge is 2.25. The first-order valence-corrected chi connectivity index (χ1v) is 5.15. The fraction of sp³-hybridized carbons (Fsp3) is 0.333. The van der Waals surface area contributed by atoms with Crippen molar-refractivity contribution in [3.8, 4) is 0 Å². The Morgan fingerprint density at radius 2 is 2.00 bits per heavy atom. The van der Waals surface area contributed by atoms with E-state index < -0.39 is 0 Å².